The lowest BCUT2D eigenvalue weighted by molar-refractivity contribution is 0.669. The summed E-state index contributed by atoms with van der Waals surface area (Å²) in [5, 5.41) is 4.18. The second kappa shape index (κ2) is 5.62. The molecule has 1 aromatic heterocycles. The normalized spacial score (nSPS) is 12.4. The maximum Gasteiger partial charge on any atom is 0.136 e. The summed E-state index contributed by atoms with van der Waals surface area (Å²) >= 11 is 3.68. The smallest absolute Gasteiger partial charge is 0.136 e. The fourth-order valence-electron chi connectivity index (χ4n) is 3.56. The summed E-state index contributed by atoms with van der Waals surface area (Å²) in [6.45, 7) is 7.07. The molecular formula is C18H21BrOSi. The topological polar surface area (TPSA) is 13.1 Å². The Hall–Kier alpha value is -1.06. The molecule has 0 bridgehead atoms. The second-order valence-electron chi connectivity index (χ2n) is 5.77. The summed E-state index contributed by atoms with van der Waals surface area (Å²) < 4.78 is 7.23. The molecule has 0 amide bonds. The van der Waals surface area contributed by atoms with Crippen LogP contribution in [0.1, 0.15) is 20.8 Å². The number of hydrogen-bond donors (Lipinski definition) is 0. The summed E-state index contributed by atoms with van der Waals surface area (Å²) in [7, 11) is -1.46. The quantitative estimate of drug-likeness (QED) is 0.515. The summed E-state index contributed by atoms with van der Waals surface area (Å²) in [5.74, 6) is 0. The van der Waals surface area contributed by atoms with Crippen LogP contribution in [-0.4, -0.2) is 8.07 Å². The molecule has 0 saturated heterocycles. The van der Waals surface area contributed by atoms with Crippen LogP contribution in [0.15, 0.2) is 45.3 Å². The van der Waals surface area contributed by atoms with E-state index in [1.807, 2.05) is 6.07 Å². The van der Waals surface area contributed by atoms with Gasteiger partial charge in [-0.25, -0.2) is 0 Å². The highest BCUT2D eigenvalue weighted by Crippen LogP contribution is 2.33. The van der Waals surface area contributed by atoms with Gasteiger partial charge in [-0.3, -0.25) is 0 Å². The largest absolute Gasteiger partial charge is 0.456 e. The Morgan fingerprint density at radius 2 is 1.62 bits per heavy atom. The van der Waals surface area contributed by atoms with E-state index in [-0.39, 0.29) is 0 Å². The molecule has 3 aromatic rings. The first-order valence-corrected chi connectivity index (χ1v) is 11.2. The maximum atomic E-state index is 6.09. The van der Waals surface area contributed by atoms with Crippen molar-refractivity contribution in [1.29, 1.82) is 0 Å². The molecule has 2 aromatic carbocycles. The molecule has 0 N–H and O–H groups in total. The van der Waals surface area contributed by atoms with Crippen LogP contribution in [-0.2, 0) is 0 Å². The third-order valence-electron chi connectivity index (χ3n) is 5.04. The fourth-order valence-corrected chi connectivity index (χ4v) is 8.10. The summed E-state index contributed by atoms with van der Waals surface area (Å²) in [4.78, 5) is 0. The predicted octanol–water partition coefficient (Wildman–Crippen LogP) is 6.06. The van der Waals surface area contributed by atoms with E-state index < -0.39 is 8.07 Å². The van der Waals surface area contributed by atoms with Crippen molar-refractivity contribution in [2.75, 3.05) is 0 Å². The van der Waals surface area contributed by atoms with E-state index in [0.717, 1.165) is 15.6 Å². The maximum absolute atomic E-state index is 6.09. The number of fused-ring (bicyclic) bond motifs is 3. The third kappa shape index (κ3) is 2.27. The monoisotopic (exact) mass is 360 g/mol. The van der Waals surface area contributed by atoms with Crippen LogP contribution >= 0.6 is 15.9 Å². The summed E-state index contributed by atoms with van der Waals surface area (Å²) in [6.07, 6.45) is 0. The predicted molar refractivity (Wildman–Crippen MR) is 98.3 cm³/mol. The van der Waals surface area contributed by atoms with Crippen LogP contribution in [0.5, 0.6) is 0 Å². The van der Waals surface area contributed by atoms with E-state index in [0.29, 0.717) is 0 Å². The number of benzene rings is 2. The molecule has 0 aliphatic carbocycles. The van der Waals surface area contributed by atoms with Crippen LogP contribution in [0, 0.1) is 0 Å². The zero-order valence-corrected chi connectivity index (χ0v) is 15.5. The first kappa shape index (κ1) is 14.9. The van der Waals surface area contributed by atoms with Gasteiger partial charge in [-0.05, 0) is 23.4 Å². The molecule has 0 unspecified atom stereocenters. The van der Waals surface area contributed by atoms with Gasteiger partial charge in [0.05, 0.1) is 8.07 Å². The van der Waals surface area contributed by atoms with Crippen molar-refractivity contribution >= 4 is 51.1 Å². The molecule has 3 rings (SSSR count). The molecule has 0 spiro atoms. The Bertz CT molecular complexity index is 778. The van der Waals surface area contributed by atoms with Crippen molar-refractivity contribution in [3.8, 4) is 0 Å². The van der Waals surface area contributed by atoms with Gasteiger partial charge in [0.2, 0.25) is 0 Å². The van der Waals surface area contributed by atoms with Gasteiger partial charge in [-0.2, -0.15) is 0 Å². The number of halogens is 1. The van der Waals surface area contributed by atoms with Crippen LogP contribution in [0.4, 0.5) is 0 Å². The Labute approximate surface area is 135 Å². The molecule has 1 nitrogen and oxygen atoms in total. The first-order chi connectivity index (χ1) is 10.1. The number of para-hydroxylation sites is 1. The molecular weight excluding hydrogens is 340 g/mol. The molecule has 0 atom stereocenters. The van der Waals surface area contributed by atoms with Crippen molar-refractivity contribution in [3.63, 3.8) is 0 Å². The molecule has 21 heavy (non-hydrogen) atoms. The first-order valence-electron chi connectivity index (χ1n) is 7.76. The van der Waals surface area contributed by atoms with Gasteiger partial charge < -0.3 is 4.42 Å². The standard InChI is InChI=1S/C18H21BrOSi/c1-4-21(5-2,6-3)17-12-13(19)11-16-18(17)14-9-7-8-10-15(14)20-16/h7-12H,4-6H2,1-3H3. The van der Waals surface area contributed by atoms with Gasteiger partial charge in [0, 0.05) is 15.2 Å². The van der Waals surface area contributed by atoms with Crippen LogP contribution < -0.4 is 5.19 Å². The minimum Gasteiger partial charge on any atom is -0.456 e. The molecule has 1 heterocycles. The minimum absolute atomic E-state index is 0.998. The Kier molecular flexibility index (Phi) is 3.97. The molecule has 0 aliphatic rings. The average Bonchev–Trinajstić information content (AvgIpc) is 2.87. The van der Waals surface area contributed by atoms with Gasteiger partial charge in [-0.15, -0.1) is 0 Å². The van der Waals surface area contributed by atoms with E-state index in [1.54, 1.807) is 5.19 Å². The van der Waals surface area contributed by atoms with Gasteiger partial charge in [0.25, 0.3) is 0 Å². The lowest BCUT2D eigenvalue weighted by Gasteiger charge is -2.29. The molecule has 0 fully saturated rings. The van der Waals surface area contributed by atoms with Crippen molar-refractivity contribution in [1.82, 2.24) is 0 Å². The highest BCUT2D eigenvalue weighted by molar-refractivity contribution is 9.10. The lowest BCUT2D eigenvalue weighted by atomic mass is 10.1. The molecule has 0 aliphatic heterocycles. The summed E-state index contributed by atoms with van der Waals surface area (Å²) in [5.41, 5.74) is 2.02. The highest BCUT2D eigenvalue weighted by atomic mass is 79.9. The molecule has 0 radical (unpaired) electrons. The van der Waals surface area contributed by atoms with Crippen molar-refractivity contribution in [2.45, 2.75) is 38.9 Å². The fraction of sp³-hybridized carbons (Fsp3) is 0.333. The van der Waals surface area contributed by atoms with Gasteiger partial charge in [0.1, 0.15) is 11.2 Å². The lowest BCUT2D eigenvalue weighted by Crippen LogP contribution is -2.46. The minimum atomic E-state index is -1.46. The van der Waals surface area contributed by atoms with E-state index in [1.165, 1.54) is 28.9 Å². The van der Waals surface area contributed by atoms with Crippen molar-refractivity contribution in [3.05, 3.63) is 40.9 Å². The number of furan rings is 1. The summed E-state index contributed by atoms with van der Waals surface area (Å²) in [6, 6.07) is 16.7. The SMILES string of the molecule is CC[Si](CC)(CC)c1cc(Br)cc2oc3ccccc3c12. The van der Waals surface area contributed by atoms with Crippen molar-refractivity contribution in [2.24, 2.45) is 0 Å². The van der Waals surface area contributed by atoms with Gasteiger partial charge in [0.15, 0.2) is 0 Å². The van der Waals surface area contributed by atoms with E-state index >= 15 is 0 Å². The highest BCUT2D eigenvalue weighted by Gasteiger charge is 2.32. The van der Waals surface area contributed by atoms with Crippen LogP contribution in [0.2, 0.25) is 18.1 Å². The Morgan fingerprint density at radius 1 is 0.952 bits per heavy atom. The Balaban J connectivity index is 2.45. The average molecular weight is 361 g/mol. The second-order valence-corrected chi connectivity index (χ2v) is 11.9. The molecule has 0 saturated carbocycles. The van der Waals surface area contributed by atoms with Crippen LogP contribution in [0.3, 0.4) is 0 Å². The van der Waals surface area contributed by atoms with Gasteiger partial charge in [-0.1, -0.05) is 73.0 Å². The third-order valence-corrected chi connectivity index (χ3v) is 11.1. The van der Waals surface area contributed by atoms with Crippen molar-refractivity contribution < 1.29 is 4.42 Å². The van der Waals surface area contributed by atoms with E-state index in [4.69, 9.17) is 4.42 Å². The van der Waals surface area contributed by atoms with Gasteiger partial charge >= 0.3 is 0 Å². The molecule has 110 valence electrons. The number of rotatable bonds is 4. The van der Waals surface area contributed by atoms with E-state index in [9.17, 15) is 0 Å². The van der Waals surface area contributed by atoms with Crippen LogP contribution in [0.25, 0.3) is 21.9 Å². The molecule has 3 heteroatoms. The zero-order valence-electron chi connectivity index (χ0n) is 12.9. The number of hydrogen-bond acceptors (Lipinski definition) is 1. The van der Waals surface area contributed by atoms with E-state index in [2.05, 4.69) is 67.0 Å². The zero-order chi connectivity index (χ0) is 15.0. The Morgan fingerprint density at radius 3 is 2.29 bits per heavy atom.